The molecule has 0 aromatic carbocycles. The molecule has 4 heteroatoms. The van der Waals surface area contributed by atoms with Crippen LogP contribution >= 0.6 is 0 Å². The highest BCUT2D eigenvalue weighted by Crippen LogP contribution is 2.16. The lowest BCUT2D eigenvalue weighted by molar-refractivity contribution is 0.161. The Morgan fingerprint density at radius 2 is 2.11 bits per heavy atom. The Morgan fingerprint density at radius 3 is 2.72 bits per heavy atom. The Bertz CT molecular complexity index is 250. The number of likely N-dealkylation sites (N-methyl/N-ethyl adjacent to an activating group) is 1. The normalized spacial score (nSPS) is 22.3. The predicted octanol–water partition coefficient (Wildman–Crippen LogP) is 1.82. The highest BCUT2D eigenvalue weighted by atomic mass is 15.2. The summed E-state index contributed by atoms with van der Waals surface area (Å²) in [5.74, 6) is 0.953. The van der Waals surface area contributed by atoms with E-state index < -0.39 is 0 Å². The molecular formula is C14H30N4. The molecule has 1 rings (SSSR count). The second-order valence-corrected chi connectivity index (χ2v) is 5.30. The lowest BCUT2D eigenvalue weighted by atomic mass is 10.0. The first-order valence-corrected chi connectivity index (χ1v) is 7.46. The van der Waals surface area contributed by atoms with E-state index in [2.05, 4.69) is 43.2 Å². The maximum Gasteiger partial charge on any atom is 0.191 e. The van der Waals surface area contributed by atoms with Gasteiger partial charge in [0.15, 0.2) is 5.96 Å². The number of nitrogens with zero attached hydrogens (tertiary/aromatic N) is 2. The molecule has 0 aromatic rings. The number of hydrogen-bond acceptors (Lipinski definition) is 2. The Hall–Kier alpha value is -0.770. The van der Waals surface area contributed by atoms with Crippen molar-refractivity contribution in [1.29, 1.82) is 0 Å². The van der Waals surface area contributed by atoms with Crippen molar-refractivity contribution in [3.8, 4) is 0 Å². The fraction of sp³-hybridized carbons (Fsp3) is 0.929. The van der Waals surface area contributed by atoms with Gasteiger partial charge in [-0.15, -0.1) is 0 Å². The summed E-state index contributed by atoms with van der Waals surface area (Å²) in [5, 5.41) is 6.68. The van der Waals surface area contributed by atoms with E-state index in [1.54, 1.807) is 0 Å². The van der Waals surface area contributed by atoms with Gasteiger partial charge in [0, 0.05) is 18.6 Å². The van der Waals surface area contributed by atoms with Crippen molar-refractivity contribution in [2.24, 2.45) is 4.99 Å². The number of nitrogens with one attached hydrogen (secondary N) is 2. The molecule has 0 bridgehead atoms. The lowest BCUT2D eigenvalue weighted by Gasteiger charge is -2.34. The lowest BCUT2D eigenvalue weighted by Crippen LogP contribution is -2.44. The topological polar surface area (TPSA) is 39.7 Å². The maximum atomic E-state index is 4.73. The van der Waals surface area contributed by atoms with Gasteiger partial charge in [0.05, 0.1) is 6.54 Å². The summed E-state index contributed by atoms with van der Waals surface area (Å²) in [5.41, 5.74) is 0. The molecule has 106 valence electrons. The Labute approximate surface area is 112 Å². The smallest absolute Gasteiger partial charge is 0.191 e. The summed E-state index contributed by atoms with van der Waals surface area (Å²) in [4.78, 5) is 7.29. The summed E-state index contributed by atoms with van der Waals surface area (Å²) in [7, 11) is 0. The molecule has 1 saturated heterocycles. The SMILES string of the molecule is CCNC(=NCC1CCCCN1CC)NC(C)C. The van der Waals surface area contributed by atoms with Crippen LogP contribution in [0.4, 0.5) is 0 Å². The molecule has 0 aromatic heterocycles. The van der Waals surface area contributed by atoms with Crippen LogP contribution < -0.4 is 10.6 Å². The molecule has 0 saturated carbocycles. The predicted molar refractivity (Wildman–Crippen MR) is 79.1 cm³/mol. The van der Waals surface area contributed by atoms with Crippen molar-refractivity contribution in [2.75, 3.05) is 26.2 Å². The van der Waals surface area contributed by atoms with Gasteiger partial charge in [-0.2, -0.15) is 0 Å². The molecule has 4 nitrogen and oxygen atoms in total. The summed E-state index contributed by atoms with van der Waals surface area (Å²) in [6.45, 7) is 12.9. The molecule has 1 heterocycles. The number of rotatable bonds is 5. The molecule has 1 atom stereocenters. The molecular weight excluding hydrogens is 224 g/mol. The van der Waals surface area contributed by atoms with Gasteiger partial charge in [-0.1, -0.05) is 13.3 Å². The zero-order chi connectivity index (χ0) is 13.4. The first kappa shape index (κ1) is 15.3. The minimum Gasteiger partial charge on any atom is -0.357 e. The van der Waals surface area contributed by atoms with Crippen LogP contribution in [0.3, 0.4) is 0 Å². The third kappa shape index (κ3) is 5.25. The highest BCUT2D eigenvalue weighted by Gasteiger charge is 2.20. The highest BCUT2D eigenvalue weighted by molar-refractivity contribution is 5.80. The number of piperidine rings is 1. The van der Waals surface area contributed by atoms with E-state index in [1.807, 2.05) is 0 Å². The maximum absolute atomic E-state index is 4.73. The fourth-order valence-corrected chi connectivity index (χ4v) is 2.47. The number of aliphatic imine (C=N–C) groups is 1. The largest absolute Gasteiger partial charge is 0.357 e. The molecule has 0 aliphatic carbocycles. The summed E-state index contributed by atoms with van der Waals surface area (Å²) in [6, 6.07) is 1.06. The van der Waals surface area contributed by atoms with Crippen LogP contribution in [0.2, 0.25) is 0 Å². The third-order valence-corrected chi connectivity index (χ3v) is 3.39. The second kappa shape index (κ2) is 8.35. The third-order valence-electron chi connectivity index (χ3n) is 3.39. The van der Waals surface area contributed by atoms with Gasteiger partial charge in [-0.25, -0.2) is 0 Å². The van der Waals surface area contributed by atoms with E-state index in [0.717, 1.165) is 25.6 Å². The molecule has 1 fully saturated rings. The Morgan fingerprint density at radius 1 is 1.33 bits per heavy atom. The van der Waals surface area contributed by atoms with Gasteiger partial charge in [0.25, 0.3) is 0 Å². The van der Waals surface area contributed by atoms with Crippen molar-refractivity contribution < 1.29 is 0 Å². The van der Waals surface area contributed by atoms with E-state index in [-0.39, 0.29) is 0 Å². The van der Waals surface area contributed by atoms with Crippen molar-refractivity contribution in [3.63, 3.8) is 0 Å². The van der Waals surface area contributed by atoms with Crippen LogP contribution in [0.25, 0.3) is 0 Å². The monoisotopic (exact) mass is 254 g/mol. The summed E-state index contributed by atoms with van der Waals surface area (Å²) >= 11 is 0. The summed E-state index contributed by atoms with van der Waals surface area (Å²) < 4.78 is 0. The van der Waals surface area contributed by atoms with Crippen LogP contribution in [-0.2, 0) is 0 Å². The Kier molecular flexibility index (Phi) is 7.09. The van der Waals surface area contributed by atoms with Crippen molar-refractivity contribution in [1.82, 2.24) is 15.5 Å². The van der Waals surface area contributed by atoms with Gasteiger partial charge in [-0.05, 0) is 46.7 Å². The van der Waals surface area contributed by atoms with Gasteiger partial charge < -0.3 is 10.6 Å². The minimum atomic E-state index is 0.427. The average molecular weight is 254 g/mol. The van der Waals surface area contributed by atoms with E-state index in [4.69, 9.17) is 4.99 Å². The van der Waals surface area contributed by atoms with Gasteiger partial charge >= 0.3 is 0 Å². The quantitative estimate of drug-likeness (QED) is 0.581. The van der Waals surface area contributed by atoms with Crippen molar-refractivity contribution in [3.05, 3.63) is 0 Å². The molecule has 0 spiro atoms. The van der Waals surface area contributed by atoms with E-state index >= 15 is 0 Å². The molecule has 0 amide bonds. The molecule has 1 aliphatic heterocycles. The minimum absolute atomic E-state index is 0.427. The standard InChI is InChI=1S/C14H30N4/c1-5-15-14(17-12(3)4)16-11-13-9-7-8-10-18(13)6-2/h12-13H,5-11H2,1-4H3,(H2,15,16,17). The molecule has 1 aliphatic rings. The van der Waals surface area contributed by atoms with Crippen molar-refractivity contribution in [2.45, 2.75) is 59.0 Å². The van der Waals surface area contributed by atoms with Crippen LogP contribution in [0.1, 0.15) is 47.0 Å². The van der Waals surface area contributed by atoms with Crippen LogP contribution in [0, 0.1) is 0 Å². The first-order valence-electron chi connectivity index (χ1n) is 7.46. The number of hydrogen-bond donors (Lipinski definition) is 2. The van der Waals surface area contributed by atoms with Crippen LogP contribution in [0.5, 0.6) is 0 Å². The van der Waals surface area contributed by atoms with Gasteiger partial charge in [0.2, 0.25) is 0 Å². The summed E-state index contributed by atoms with van der Waals surface area (Å²) in [6.07, 6.45) is 3.99. The van der Waals surface area contributed by atoms with Crippen LogP contribution in [0.15, 0.2) is 4.99 Å². The van der Waals surface area contributed by atoms with E-state index in [1.165, 1.54) is 25.8 Å². The van der Waals surface area contributed by atoms with Crippen LogP contribution in [-0.4, -0.2) is 49.1 Å². The average Bonchev–Trinajstić information content (AvgIpc) is 2.36. The number of guanidine groups is 1. The zero-order valence-electron chi connectivity index (χ0n) is 12.5. The van der Waals surface area contributed by atoms with E-state index in [9.17, 15) is 0 Å². The number of likely N-dealkylation sites (tertiary alicyclic amines) is 1. The van der Waals surface area contributed by atoms with Gasteiger partial charge in [0.1, 0.15) is 0 Å². The molecule has 2 N–H and O–H groups in total. The fourth-order valence-electron chi connectivity index (χ4n) is 2.47. The Balaban J connectivity index is 2.51. The second-order valence-electron chi connectivity index (χ2n) is 5.30. The molecule has 18 heavy (non-hydrogen) atoms. The van der Waals surface area contributed by atoms with E-state index in [0.29, 0.717) is 12.1 Å². The van der Waals surface area contributed by atoms with Gasteiger partial charge in [-0.3, -0.25) is 9.89 Å². The zero-order valence-corrected chi connectivity index (χ0v) is 12.5. The molecule has 1 unspecified atom stereocenters. The van der Waals surface area contributed by atoms with Crippen molar-refractivity contribution >= 4 is 5.96 Å². The molecule has 0 radical (unpaired) electrons. The first-order chi connectivity index (χ1) is 8.67.